The zero-order valence-corrected chi connectivity index (χ0v) is 50.1. The number of aryl methyl sites for hydroxylation is 2. The quantitative estimate of drug-likeness (QED) is 0.0164. The van der Waals surface area contributed by atoms with Gasteiger partial charge in [0.25, 0.3) is 12.3 Å². The molecule has 28 nitrogen and oxygen atoms in total. The van der Waals surface area contributed by atoms with Crippen LogP contribution in [0.5, 0.6) is 11.5 Å². The van der Waals surface area contributed by atoms with Crippen molar-refractivity contribution in [2.75, 3.05) is 19.6 Å². The van der Waals surface area contributed by atoms with Crippen molar-refractivity contribution >= 4 is 59.6 Å². The molecule has 15 N–H and O–H groups in total. The molecule has 14 atom stereocenters. The van der Waals surface area contributed by atoms with E-state index < -0.39 is 183 Å². The first kappa shape index (κ1) is 69.7. The van der Waals surface area contributed by atoms with E-state index in [4.69, 9.17) is 9.92 Å². The summed E-state index contributed by atoms with van der Waals surface area (Å²) in [5.41, 5.74) is 8.95. The van der Waals surface area contributed by atoms with Crippen LogP contribution in [-0.2, 0) is 60.6 Å². The van der Waals surface area contributed by atoms with Gasteiger partial charge in [-0.25, -0.2) is 0 Å². The summed E-state index contributed by atoms with van der Waals surface area (Å²) in [6, 6.07) is 6.59. The summed E-state index contributed by atoms with van der Waals surface area (Å²) >= 11 is -0.0797. The third-order valence-corrected chi connectivity index (χ3v) is 15.3. The number of rotatable bonds is 20. The fourth-order valence-electron chi connectivity index (χ4n) is 10.3. The number of benzene rings is 3. The maximum atomic E-state index is 14.6. The molecule has 0 spiro atoms. The molecule has 0 saturated carbocycles. The van der Waals surface area contributed by atoms with Crippen LogP contribution in [0.1, 0.15) is 88.5 Å². The molecule has 0 radical (unpaired) electrons. The van der Waals surface area contributed by atoms with Crippen LogP contribution in [0.15, 0.2) is 66.7 Å². The second-order valence-corrected chi connectivity index (χ2v) is 21.7. The average molecular weight is 1220 g/mol. The van der Waals surface area contributed by atoms with Crippen molar-refractivity contribution in [2.24, 2.45) is 11.7 Å². The standard InChI is InChI=1S/C55H74N8O20S.Na/c1-4-5-6-7-29-8-13-31(14-9-29)32-15-10-30(11-16-32)12-19-42(70)58-36-21-34(65)24-57-53(77)46-47(71)27(2)25-63(46)55(79)44(39(68)23-41(56)69)60-52(76)45(49(73)48(72)33-17-18-38(67)40(20-33)81-84-83-82-80)61-51(75)37-22-35(66)26-62(37)54(78)43(28(3)64)59-50(36)74;/h8-11,13-18,20,27-28,34-37,39,43-49,64-68,71-73,80H,4-7,12,19,21-26H2,1-3H3,(H2,56,69)(H,57,77)(H,58,70)(H,59,74)(H,60,76)(H,61,75);/q;+1/p-1/t27?,28?,34?,35?,36-,37?,39?,43?,44?,45?,46?,47?,48?,49?;/m0./s1. The Hall–Kier alpha value is -6.03. The molecule has 3 aliphatic rings. The average Bonchev–Trinajstić information content (AvgIpc) is 2.74. The number of aliphatic hydroxyl groups excluding tert-OH is 7. The number of phenols is 1. The predicted molar refractivity (Wildman–Crippen MR) is 293 cm³/mol. The predicted octanol–water partition coefficient (Wildman–Crippen LogP) is -6.40. The Morgan fingerprint density at radius 2 is 1.39 bits per heavy atom. The number of aliphatic hydroxyl groups is 7. The van der Waals surface area contributed by atoms with Crippen molar-refractivity contribution in [1.29, 1.82) is 0 Å². The van der Waals surface area contributed by atoms with E-state index in [1.807, 2.05) is 36.4 Å². The third kappa shape index (κ3) is 18.7. The number of unbranched alkanes of at least 4 members (excludes halogenated alkanes) is 2. The van der Waals surface area contributed by atoms with E-state index in [1.165, 1.54) is 12.5 Å². The minimum Gasteiger partial charge on any atom is -0.691 e. The van der Waals surface area contributed by atoms with E-state index >= 15 is 0 Å². The molecule has 8 amide bonds. The summed E-state index contributed by atoms with van der Waals surface area (Å²) < 4.78 is 9.04. The molecule has 13 unspecified atom stereocenters. The number of nitrogens with zero attached hydrogens (tertiary/aromatic N) is 2. The van der Waals surface area contributed by atoms with Crippen molar-refractivity contribution in [1.82, 2.24) is 36.4 Å². The van der Waals surface area contributed by atoms with Gasteiger partial charge < -0.3 is 92.4 Å². The molecule has 85 heavy (non-hydrogen) atoms. The Kier molecular flexibility index (Phi) is 26.8. The molecule has 3 heterocycles. The summed E-state index contributed by atoms with van der Waals surface area (Å²) in [5.74, 6) is -11.6. The number of hydrogen-bond donors (Lipinski definition) is 14. The number of nitrogens with one attached hydrogen (secondary N) is 5. The van der Waals surface area contributed by atoms with E-state index in [2.05, 4.69) is 55.0 Å². The second kappa shape index (κ2) is 32.6. The van der Waals surface area contributed by atoms with Gasteiger partial charge in [-0.05, 0) is 66.1 Å². The smallest absolute Gasteiger partial charge is 0.691 e. The molecule has 0 bridgehead atoms. The number of β-amino-alcohol motifs (C(OH)–C–C–N with tert-alkyl or cyclic N) is 1. The Morgan fingerprint density at radius 3 is 2.00 bits per heavy atom. The van der Waals surface area contributed by atoms with Crippen molar-refractivity contribution in [3.8, 4) is 22.6 Å². The van der Waals surface area contributed by atoms with Crippen LogP contribution in [0.2, 0.25) is 0 Å². The normalized spacial score (nSPS) is 26.0. The van der Waals surface area contributed by atoms with Crippen molar-refractivity contribution < 1.29 is 128 Å². The fourth-order valence-corrected chi connectivity index (χ4v) is 10.5. The van der Waals surface area contributed by atoms with E-state index in [0.717, 1.165) is 77.3 Å². The second-order valence-electron chi connectivity index (χ2n) is 21.3. The number of hydrogen-bond acceptors (Lipinski definition) is 21. The number of aromatic hydroxyl groups is 1. The monoisotopic (exact) mass is 1220 g/mol. The van der Waals surface area contributed by atoms with Crippen LogP contribution < -0.4 is 71.3 Å². The number of carbonyl (C=O) groups excluding carboxylic acids is 8. The third-order valence-electron chi connectivity index (χ3n) is 14.9. The Balaban J connectivity index is 0.0000132. The number of primary amides is 1. The zero-order valence-electron chi connectivity index (χ0n) is 47.3. The van der Waals surface area contributed by atoms with E-state index in [-0.39, 0.29) is 60.3 Å². The number of carbonyl (C=O) groups is 8. The van der Waals surface area contributed by atoms with Crippen LogP contribution >= 0.6 is 12.3 Å². The van der Waals surface area contributed by atoms with Crippen LogP contribution in [-0.4, -0.2) is 190 Å². The molecule has 3 saturated heterocycles. The molecule has 0 aliphatic carbocycles. The van der Waals surface area contributed by atoms with Crippen LogP contribution in [0.3, 0.4) is 0 Å². The van der Waals surface area contributed by atoms with Gasteiger partial charge in [-0.15, -0.1) is 4.33 Å². The number of amides is 8. The van der Waals surface area contributed by atoms with Crippen molar-refractivity contribution in [3.05, 3.63) is 83.4 Å². The van der Waals surface area contributed by atoms with Gasteiger partial charge >= 0.3 is 29.6 Å². The van der Waals surface area contributed by atoms with Crippen molar-refractivity contribution in [3.63, 3.8) is 0 Å². The van der Waals surface area contributed by atoms with Gasteiger partial charge in [0.05, 0.1) is 36.9 Å². The minimum absolute atomic E-state index is 0. The van der Waals surface area contributed by atoms with Gasteiger partial charge in [0, 0.05) is 44.8 Å². The van der Waals surface area contributed by atoms with Gasteiger partial charge in [-0.1, -0.05) is 81.3 Å². The SMILES string of the molecule is CCCCCc1ccc(-c2ccc(CCC(=O)N[C@H]3CC(O)CNC(=O)C4C(O)C(C)CN4C(=O)C(C(O)CC(N)=O)NC(=O)C(C(O)C(O)c4ccc(O)c(OSOO[O-])c4)NC(=O)C4CC(O)CN4C(=O)C(C(C)O)NC3=O)cc2)cc1.[Na+]. The summed E-state index contributed by atoms with van der Waals surface area (Å²) in [5, 5.41) is 115. The molecule has 3 aromatic carbocycles. The van der Waals surface area contributed by atoms with E-state index in [1.54, 1.807) is 0 Å². The summed E-state index contributed by atoms with van der Waals surface area (Å²) in [6.45, 7) is 2.94. The summed E-state index contributed by atoms with van der Waals surface area (Å²) in [7, 11) is 0. The first-order valence-electron chi connectivity index (χ1n) is 27.4. The summed E-state index contributed by atoms with van der Waals surface area (Å²) in [4.78, 5) is 114. The van der Waals surface area contributed by atoms with Crippen LogP contribution in [0.4, 0.5) is 0 Å². The maximum Gasteiger partial charge on any atom is 1.00 e. The van der Waals surface area contributed by atoms with Crippen LogP contribution in [0, 0.1) is 5.92 Å². The van der Waals surface area contributed by atoms with E-state index in [0.29, 0.717) is 0 Å². The number of phenolic OH excluding ortho intramolecular Hbond substituents is 1. The largest absolute Gasteiger partial charge is 1.00 e. The molecular formula is C55H73N8NaO20S. The topological polar surface area (TPSA) is 442 Å². The van der Waals surface area contributed by atoms with Gasteiger partial charge in [-0.2, -0.15) is 0 Å². The number of fused-ring (bicyclic) bond motifs is 2. The molecule has 0 aromatic heterocycles. The molecule has 3 aliphatic heterocycles. The first-order valence-corrected chi connectivity index (χ1v) is 28.0. The number of nitrogens with two attached hydrogens (primary N) is 1. The van der Waals surface area contributed by atoms with Gasteiger partial charge in [0.1, 0.15) is 48.5 Å². The molecular weight excluding hydrogens is 1150 g/mol. The molecule has 3 fully saturated rings. The van der Waals surface area contributed by atoms with Gasteiger partial charge in [-0.3, -0.25) is 43.4 Å². The van der Waals surface area contributed by atoms with Gasteiger partial charge in [0.2, 0.25) is 47.3 Å². The molecule has 6 rings (SSSR count). The molecule has 3 aromatic rings. The van der Waals surface area contributed by atoms with Gasteiger partial charge in [0.15, 0.2) is 11.5 Å². The molecule has 460 valence electrons. The zero-order chi connectivity index (χ0) is 61.5. The minimum atomic E-state index is -2.52. The van der Waals surface area contributed by atoms with Crippen LogP contribution in [0.25, 0.3) is 11.1 Å². The Morgan fingerprint density at radius 1 is 0.776 bits per heavy atom. The summed E-state index contributed by atoms with van der Waals surface area (Å²) in [6.07, 6.45) is -11.6. The Labute approximate surface area is 515 Å². The van der Waals surface area contributed by atoms with Crippen molar-refractivity contribution in [2.45, 2.75) is 158 Å². The van der Waals surface area contributed by atoms with E-state index in [9.17, 15) is 84.5 Å². The fraction of sp³-hybridized carbons (Fsp3) is 0.527. The molecule has 30 heteroatoms. The maximum absolute atomic E-state index is 14.6. The Bertz CT molecular complexity index is 2790. The first-order chi connectivity index (χ1) is 39.9.